The SMILES string of the molecule is COC(=O)C(C)(C)COc1ccc(-c2ccc(CO)nn2)cc1.COC(=O)C(C)(C)COc1ccc(B2OC(C)(C)C(C)(C)O2)cc1.OCc1ccc(Cl)nn1. The second kappa shape index (κ2) is 20.0. The molecule has 2 aromatic carbocycles. The number of hydrogen-bond donors (Lipinski definition) is 2. The van der Waals surface area contributed by atoms with Gasteiger partial charge in [0.15, 0.2) is 5.15 Å². The first kappa shape index (κ1) is 45.7. The van der Waals surface area contributed by atoms with Crippen LogP contribution in [0.2, 0.25) is 5.15 Å². The van der Waals surface area contributed by atoms with Crippen molar-refractivity contribution < 1.29 is 48.1 Å². The number of ether oxygens (including phenoxy) is 4. The zero-order valence-corrected chi connectivity index (χ0v) is 34.4. The summed E-state index contributed by atoms with van der Waals surface area (Å²) in [5, 5.41) is 32.8. The van der Waals surface area contributed by atoms with Crippen LogP contribution in [-0.2, 0) is 41.6 Å². The molecule has 5 rings (SSSR count). The number of nitrogens with zero attached hydrogens (tertiary/aromatic N) is 4. The van der Waals surface area contributed by atoms with Crippen molar-refractivity contribution in [1.82, 2.24) is 20.4 Å². The van der Waals surface area contributed by atoms with Gasteiger partial charge in [-0.25, -0.2) is 0 Å². The van der Waals surface area contributed by atoms with E-state index in [9.17, 15) is 9.59 Å². The minimum Gasteiger partial charge on any atom is -0.492 e. The Labute approximate surface area is 334 Å². The quantitative estimate of drug-likeness (QED) is 0.137. The summed E-state index contributed by atoms with van der Waals surface area (Å²) in [6.45, 7) is 15.5. The first-order valence-corrected chi connectivity index (χ1v) is 18.2. The summed E-state index contributed by atoms with van der Waals surface area (Å²) in [6, 6.07) is 21.6. The zero-order valence-electron chi connectivity index (χ0n) is 33.7. The highest BCUT2D eigenvalue weighted by molar-refractivity contribution is 6.62. The molecule has 0 bridgehead atoms. The third-order valence-corrected chi connectivity index (χ3v) is 9.16. The van der Waals surface area contributed by atoms with Gasteiger partial charge in [-0.05, 0) is 122 Å². The van der Waals surface area contributed by atoms with Gasteiger partial charge in [0.1, 0.15) is 24.7 Å². The second-order valence-corrected chi connectivity index (χ2v) is 15.5. The van der Waals surface area contributed by atoms with E-state index >= 15 is 0 Å². The van der Waals surface area contributed by atoms with Gasteiger partial charge in [0.05, 0.1) is 66.5 Å². The van der Waals surface area contributed by atoms with Crippen molar-refractivity contribution in [1.29, 1.82) is 0 Å². The Morgan fingerprint density at radius 3 is 1.46 bits per heavy atom. The van der Waals surface area contributed by atoms with E-state index in [2.05, 4.69) is 20.4 Å². The summed E-state index contributed by atoms with van der Waals surface area (Å²) in [5.41, 5.74) is 1.46. The molecule has 3 heterocycles. The summed E-state index contributed by atoms with van der Waals surface area (Å²) in [6.07, 6.45) is 0. The maximum Gasteiger partial charge on any atom is 0.494 e. The molecule has 0 radical (unpaired) electrons. The van der Waals surface area contributed by atoms with Gasteiger partial charge in [-0.1, -0.05) is 23.7 Å². The molecular formula is C40H52BClN4O10. The fraction of sp³-hybridized carbons (Fsp3) is 0.450. The summed E-state index contributed by atoms with van der Waals surface area (Å²) in [5.74, 6) is 0.739. The average Bonchev–Trinajstić information content (AvgIpc) is 3.42. The fourth-order valence-electron chi connectivity index (χ4n) is 4.65. The van der Waals surface area contributed by atoms with E-state index in [0.29, 0.717) is 33.7 Å². The van der Waals surface area contributed by atoms with Crippen LogP contribution >= 0.6 is 11.6 Å². The van der Waals surface area contributed by atoms with Crippen molar-refractivity contribution in [2.75, 3.05) is 27.4 Å². The van der Waals surface area contributed by atoms with Gasteiger partial charge in [0, 0.05) is 5.56 Å². The Balaban J connectivity index is 0.000000247. The van der Waals surface area contributed by atoms with E-state index < -0.39 is 17.9 Å². The number of halogens is 1. The summed E-state index contributed by atoms with van der Waals surface area (Å²) in [4.78, 5) is 23.3. The van der Waals surface area contributed by atoms with Crippen molar-refractivity contribution in [3.63, 3.8) is 0 Å². The molecule has 4 aromatic rings. The molecule has 0 amide bonds. The van der Waals surface area contributed by atoms with E-state index in [1.165, 1.54) is 14.2 Å². The standard InChI is InChI=1S/C18H27BO5.C17H20N2O4.C5H5ClN2O/c1-16(2,15(20)21-7)12-22-14-10-8-13(9-11-14)19-23-17(3,4)18(5,6)24-19;1-17(2,16(21)22-3)11-23-14-7-4-12(5-8-14)15-9-6-13(10-20)18-19-15;6-5-2-1-4(3-9)7-8-5/h8-11H,12H2,1-7H3;4-9,20H,10-11H2,1-3H3;1-2,9H,3H2. The highest BCUT2D eigenvalue weighted by Crippen LogP contribution is 2.36. The average molecular weight is 795 g/mol. The minimum absolute atomic E-state index is 0.0931. The maximum absolute atomic E-state index is 11.7. The molecule has 1 aliphatic rings. The summed E-state index contributed by atoms with van der Waals surface area (Å²) in [7, 11) is 2.35. The Morgan fingerprint density at radius 1 is 0.661 bits per heavy atom. The molecule has 302 valence electrons. The highest BCUT2D eigenvalue weighted by atomic mass is 35.5. The molecule has 16 heteroatoms. The molecule has 56 heavy (non-hydrogen) atoms. The molecule has 2 N–H and O–H groups in total. The Hall–Kier alpha value is -4.67. The van der Waals surface area contributed by atoms with E-state index in [-0.39, 0.29) is 49.6 Å². The molecule has 0 spiro atoms. The van der Waals surface area contributed by atoms with Gasteiger partial charge in [0.25, 0.3) is 0 Å². The van der Waals surface area contributed by atoms with Gasteiger partial charge in [-0.15, -0.1) is 5.10 Å². The monoisotopic (exact) mass is 794 g/mol. The molecular weight excluding hydrogens is 743 g/mol. The number of esters is 2. The zero-order chi connectivity index (χ0) is 41.7. The van der Waals surface area contributed by atoms with Crippen LogP contribution in [-0.4, -0.2) is 88.3 Å². The van der Waals surface area contributed by atoms with Crippen LogP contribution in [0.5, 0.6) is 11.5 Å². The molecule has 2 aromatic heterocycles. The highest BCUT2D eigenvalue weighted by Gasteiger charge is 2.51. The Morgan fingerprint density at radius 2 is 1.09 bits per heavy atom. The molecule has 1 saturated heterocycles. The Kier molecular flexibility index (Phi) is 16.3. The molecule has 1 aliphatic heterocycles. The van der Waals surface area contributed by atoms with E-state index in [4.69, 9.17) is 50.1 Å². The van der Waals surface area contributed by atoms with Crippen molar-refractivity contribution in [3.8, 4) is 22.8 Å². The van der Waals surface area contributed by atoms with Gasteiger partial charge >= 0.3 is 19.1 Å². The van der Waals surface area contributed by atoms with Crippen LogP contribution in [0.25, 0.3) is 11.3 Å². The van der Waals surface area contributed by atoms with E-state index in [1.54, 1.807) is 52.0 Å². The first-order valence-electron chi connectivity index (χ1n) is 17.8. The van der Waals surface area contributed by atoms with Gasteiger partial charge in [-0.3, -0.25) is 9.59 Å². The number of carbonyl (C=O) groups is 2. The number of aliphatic hydroxyl groups excluding tert-OH is 2. The summed E-state index contributed by atoms with van der Waals surface area (Å²) < 4.78 is 32.9. The maximum atomic E-state index is 11.7. The normalized spacial score (nSPS) is 14.3. The van der Waals surface area contributed by atoms with E-state index in [1.807, 2.05) is 76.2 Å². The number of carbonyl (C=O) groups excluding carboxylic acids is 2. The predicted octanol–water partition coefficient (Wildman–Crippen LogP) is 5.40. The molecule has 14 nitrogen and oxygen atoms in total. The summed E-state index contributed by atoms with van der Waals surface area (Å²) >= 11 is 5.41. The number of methoxy groups -OCH3 is 2. The lowest BCUT2D eigenvalue weighted by atomic mass is 9.79. The third kappa shape index (κ3) is 13.0. The number of aromatic nitrogens is 4. The number of hydrogen-bond acceptors (Lipinski definition) is 14. The van der Waals surface area contributed by atoms with Crippen LogP contribution < -0.4 is 14.9 Å². The fourth-order valence-corrected chi connectivity index (χ4v) is 4.75. The second-order valence-electron chi connectivity index (χ2n) is 15.1. The van der Waals surface area contributed by atoms with Crippen LogP contribution in [0.4, 0.5) is 0 Å². The smallest absolute Gasteiger partial charge is 0.492 e. The van der Waals surface area contributed by atoms with Crippen molar-refractivity contribution in [3.05, 3.63) is 89.3 Å². The number of benzene rings is 2. The van der Waals surface area contributed by atoms with Gasteiger partial charge in [0.2, 0.25) is 0 Å². The predicted molar refractivity (Wildman–Crippen MR) is 211 cm³/mol. The van der Waals surface area contributed by atoms with Crippen molar-refractivity contribution in [2.24, 2.45) is 10.8 Å². The van der Waals surface area contributed by atoms with Gasteiger partial charge in [-0.2, -0.15) is 15.3 Å². The van der Waals surface area contributed by atoms with Gasteiger partial charge < -0.3 is 38.5 Å². The lowest BCUT2D eigenvalue weighted by molar-refractivity contribution is -0.153. The molecule has 1 fully saturated rings. The molecule has 0 aliphatic carbocycles. The van der Waals surface area contributed by atoms with Crippen LogP contribution in [0, 0.1) is 10.8 Å². The molecule has 0 unspecified atom stereocenters. The lowest BCUT2D eigenvalue weighted by Crippen LogP contribution is -2.41. The minimum atomic E-state index is -0.709. The third-order valence-electron chi connectivity index (χ3n) is 8.96. The van der Waals surface area contributed by atoms with Crippen molar-refractivity contribution >= 4 is 36.1 Å². The molecule has 0 atom stereocenters. The van der Waals surface area contributed by atoms with Crippen LogP contribution in [0.1, 0.15) is 66.8 Å². The lowest BCUT2D eigenvalue weighted by Gasteiger charge is -2.32. The topological polar surface area (TPSA) is 182 Å². The molecule has 0 saturated carbocycles. The van der Waals surface area contributed by atoms with Crippen LogP contribution in [0.3, 0.4) is 0 Å². The largest absolute Gasteiger partial charge is 0.494 e. The van der Waals surface area contributed by atoms with E-state index in [0.717, 1.165) is 11.0 Å². The number of aliphatic hydroxyl groups is 2. The Bertz CT molecular complexity index is 1830. The van der Waals surface area contributed by atoms with Crippen LogP contribution in [0.15, 0.2) is 72.8 Å². The van der Waals surface area contributed by atoms with Crippen molar-refractivity contribution in [2.45, 2.75) is 79.8 Å². The number of rotatable bonds is 12. The first-order chi connectivity index (χ1) is 26.3.